The van der Waals surface area contributed by atoms with Crippen LogP contribution in [0.3, 0.4) is 0 Å². The van der Waals surface area contributed by atoms with Crippen LogP contribution < -0.4 is 0 Å². The van der Waals surface area contributed by atoms with Crippen LogP contribution in [0.15, 0.2) is 0 Å². The molecule has 0 bridgehead atoms. The van der Waals surface area contributed by atoms with E-state index in [0.717, 1.165) is 62.2 Å². The van der Waals surface area contributed by atoms with Crippen molar-refractivity contribution in [1.82, 2.24) is 0 Å². The van der Waals surface area contributed by atoms with Gasteiger partial charge in [-0.2, -0.15) is 0 Å². The number of hydrogen-bond acceptors (Lipinski definition) is 1. The van der Waals surface area contributed by atoms with Gasteiger partial charge in [0.25, 0.3) is 0 Å². The third kappa shape index (κ3) is 3.70. The van der Waals surface area contributed by atoms with E-state index in [2.05, 4.69) is 13.8 Å². The second-order valence-electron chi connectivity index (χ2n) is 11.5. The molecule has 0 saturated heterocycles. The van der Waals surface area contributed by atoms with Gasteiger partial charge in [-0.25, -0.2) is 0 Å². The van der Waals surface area contributed by atoms with Crippen molar-refractivity contribution in [2.24, 2.45) is 34.5 Å². The summed E-state index contributed by atoms with van der Waals surface area (Å²) in [7, 11) is 0. The molecule has 1 nitrogen and oxygen atoms in total. The molecule has 4 saturated carbocycles. The molecule has 0 radical (unpaired) electrons. The van der Waals surface area contributed by atoms with Gasteiger partial charge >= 0.3 is 0 Å². The van der Waals surface area contributed by atoms with Gasteiger partial charge in [0, 0.05) is 0 Å². The Hall–Kier alpha value is 0.250. The Bertz CT molecular complexity index is 588. The fraction of sp³-hybridized carbons (Fsp3) is 0.963. The summed E-state index contributed by atoms with van der Waals surface area (Å²) in [5, 5.41) is 0. The van der Waals surface area contributed by atoms with E-state index in [0.29, 0.717) is 5.78 Å². The second kappa shape index (κ2) is 9.24. The van der Waals surface area contributed by atoms with Gasteiger partial charge in [-0.3, -0.25) is 4.79 Å². The van der Waals surface area contributed by atoms with Crippen LogP contribution >= 0.6 is 23.2 Å². The Kier molecular flexibility index (Phi) is 7.21. The van der Waals surface area contributed by atoms with Crippen LogP contribution in [0.2, 0.25) is 0 Å². The molecule has 0 heterocycles. The number of halogens is 2. The molecule has 4 rings (SSSR count). The fourth-order valence-electron chi connectivity index (χ4n) is 8.04. The van der Waals surface area contributed by atoms with Gasteiger partial charge in [0.2, 0.25) is 0 Å². The molecule has 0 aromatic heterocycles. The number of carbonyl (C=O) groups excluding carboxylic acids is 1. The molecular formula is C27H44Cl2O. The lowest BCUT2D eigenvalue weighted by Gasteiger charge is -2.67. The first-order valence-corrected chi connectivity index (χ1v) is 14.1. The van der Waals surface area contributed by atoms with Crippen LogP contribution in [0.4, 0.5) is 0 Å². The number of unbranched alkanes of at least 4 members (excludes halogenated alkanes) is 2. The van der Waals surface area contributed by atoms with E-state index in [4.69, 9.17) is 23.2 Å². The summed E-state index contributed by atoms with van der Waals surface area (Å²) < 4.78 is -0.823. The Morgan fingerprint density at radius 3 is 1.77 bits per heavy atom. The third-order valence-electron chi connectivity index (χ3n) is 10.3. The maximum Gasteiger partial charge on any atom is 0.151 e. The van der Waals surface area contributed by atoms with Crippen molar-refractivity contribution in [3.05, 3.63) is 0 Å². The van der Waals surface area contributed by atoms with E-state index in [-0.39, 0.29) is 0 Å². The minimum atomic E-state index is -0.823. The van der Waals surface area contributed by atoms with E-state index in [9.17, 15) is 4.79 Å². The minimum Gasteiger partial charge on any atom is -0.298 e. The molecule has 4 aliphatic carbocycles. The largest absolute Gasteiger partial charge is 0.298 e. The van der Waals surface area contributed by atoms with Crippen molar-refractivity contribution in [1.29, 1.82) is 0 Å². The molecule has 0 aliphatic heterocycles. The summed E-state index contributed by atoms with van der Waals surface area (Å²) in [6.45, 7) is 4.61. The quantitative estimate of drug-likeness (QED) is 0.289. The lowest BCUT2D eigenvalue weighted by molar-refractivity contribution is -0.173. The van der Waals surface area contributed by atoms with Crippen molar-refractivity contribution in [2.45, 2.75) is 127 Å². The molecule has 172 valence electrons. The second-order valence-corrected chi connectivity index (χ2v) is 12.9. The van der Waals surface area contributed by atoms with Gasteiger partial charge in [-0.05, 0) is 87.9 Å². The molecule has 30 heavy (non-hydrogen) atoms. The van der Waals surface area contributed by atoms with Crippen molar-refractivity contribution >= 4 is 29.0 Å². The number of rotatable bonds is 6. The van der Waals surface area contributed by atoms with Gasteiger partial charge in [-0.15, -0.1) is 0 Å². The van der Waals surface area contributed by atoms with E-state index in [1.165, 1.54) is 70.6 Å². The monoisotopic (exact) mass is 454 g/mol. The molecule has 2 spiro atoms. The zero-order valence-electron chi connectivity index (χ0n) is 19.5. The van der Waals surface area contributed by atoms with E-state index < -0.39 is 15.2 Å². The number of Topliss-reactive ketones (excluding diaryl/α,β-unsaturated/α-hetero) is 1. The Balaban J connectivity index is 1.33. The predicted molar refractivity (Wildman–Crippen MR) is 128 cm³/mol. The Morgan fingerprint density at radius 2 is 1.27 bits per heavy atom. The molecule has 0 aromatic carbocycles. The van der Waals surface area contributed by atoms with Gasteiger partial charge < -0.3 is 0 Å². The first kappa shape index (κ1) is 23.4. The first-order chi connectivity index (χ1) is 14.4. The minimum absolute atomic E-state index is 0.427. The van der Waals surface area contributed by atoms with Crippen LogP contribution in [0.5, 0.6) is 0 Å². The fourth-order valence-corrected chi connectivity index (χ4v) is 9.13. The Labute approximate surface area is 195 Å². The molecule has 0 N–H and O–H groups in total. The lowest BCUT2D eigenvalue weighted by Crippen LogP contribution is -2.74. The molecule has 0 atom stereocenters. The summed E-state index contributed by atoms with van der Waals surface area (Å²) in [6, 6.07) is 0. The van der Waals surface area contributed by atoms with Crippen LogP contribution in [-0.4, -0.2) is 10.1 Å². The number of ketones is 1. The Morgan fingerprint density at radius 1 is 0.733 bits per heavy atom. The van der Waals surface area contributed by atoms with Gasteiger partial charge in [0.05, 0.1) is 10.8 Å². The highest BCUT2D eigenvalue weighted by molar-refractivity contribution is 6.55. The maximum absolute atomic E-state index is 13.7. The maximum atomic E-state index is 13.7. The highest BCUT2D eigenvalue weighted by Crippen LogP contribution is 2.74. The zero-order valence-corrected chi connectivity index (χ0v) is 21.0. The van der Waals surface area contributed by atoms with Crippen molar-refractivity contribution in [2.75, 3.05) is 0 Å². The topological polar surface area (TPSA) is 17.1 Å². The van der Waals surface area contributed by atoms with E-state index >= 15 is 0 Å². The van der Waals surface area contributed by atoms with Crippen molar-refractivity contribution < 1.29 is 4.79 Å². The molecule has 0 unspecified atom stereocenters. The highest BCUT2D eigenvalue weighted by Gasteiger charge is 2.79. The SMILES string of the molecule is CCCCCC1CC[C@]2(CC1)C(=O)[C@@]1(CC[C@@H](C3CCC(CC)CC3)CC1)C2(Cl)Cl. The van der Waals surface area contributed by atoms with Crippen LogP contribution in [0.1, 0.15) is 123 Å². The van der Waals surface area contributed by atoms with E-state index in [1.54, 1.807) is 0 Å². The summed E-state index contributed by atoms with van der Waals surface area (Å²) in [4.78, 5) is 13.7. The lowest BCUT2D eigenvalue weighted by atomic mass is 9.42. The van der Waals surface area contributed by atoms with Crippen molar-refractivity contribution in [3.8, 4) is 0 Å². The number of hydrogen-bond donors (Lipinski definition) is 0. The average molecular weight is 456 g/mol. The van der Waals surface area contributed by atoms with Gasteiger partial charge in [0.15, 0.2) is 5.78 Å². The molecular weight excluding hydrogens is 411 g/mol. The highest BCUT2D eigenvalue weighted by atomic mass is 35.5. The average Bonchev–Trinajstić information content (AvgIpc) is 2.79. The molecule has 3 heteroatoms. The standard InChI is InChI=1S/C27H44Cl2O/c1-3-5-6-7-21-12-16-25(17-13-21)24(30)26(27(25,28)29)18-14-23(15-19-26)22-10-8-20(4-2)9-11-22/h20-23H,3-19H2,1-2H3/t20?,21?,22?,23-,25-,26+. The summed E-state index contributed by atoms with van der Waals surface area (Å²) in [5.41, 5.74) is -0.855. The molecule has 4 fully saturated rings. The number of alkyl halides is 2. The predicted octanol–water partition coefficient (Wildman–Crippen LogP) is 8.89. The van der Waals surface area contributed by atoms with Gasteiger partial charge in [0.1, 0.15) is 4.33 Å². The van der Waals surface area contributed by atoms with E-state index in [1.807, 2.05) is 0 Å². The normalized spacial score (nSPS) is 43.7. The third-order valence-corrected chi connectivity index (χ3v) is 11.7. The summed E-state index contributed by atoms with van der Waals surface area (Å²) in [5.74, 6) is 3.88. The van der Waals surface area contributed by atoms with Crippen LogP contribution in [0, 0.1) is 34.5 Å². The summed E-state index contributed by atoms with van der Waals surface area (Å²) in [6.07, 6.45) is 20.6. The summed E-state index contributed by atoms with van der Waals surface area (Å²) >= 11 is 14.3. The van der Waals surface area contributed by atoms with Crippen molar-refractivity contribution in [3.63, 3.8) is 0 Å². The smallest absolute Gasteiger partial charge is 0.151 e. The number of carbonyl (C=O) groups is 1. The first-order valence-electron chi connectivity index (χ1n) is 13.3. The molecule has 4 aliphatic rings. The van der Waals surface area contributed by atoms with Crippen LogP contribution in [-0.2, 0) is 4.79 Å². The van der Waals surface area contributed by atoms with Crippen LogP contribution in [0.25, 0.3) is 0 Å². The molecule has 0 amide bonds. The van der Waals surface area contributed by atoms with Gasteiger partial charge in [-0.1, -0.05) is 82.0 Å². The molecule has 0 aromatic rings. The zero-order chi connectivity index (χ0) is 21.4.